The standard InChI is InChI=1S/C19H32.C18H30.C10H22O.C7H16.2C2H6/c1-14(2)18(5,6)13-16-9-11-17(12-10-16)19(7,8)15(3)4;1-13(2)17(5,6)15-9-11-16(12-10-15)18(7,8)14(3)4;1-9(2,3)7-8-11-10(4,5)6;1-6(2)5-7(3)4;2*1-2/h9-12,14-15H,13H2,1-8H3;9-14H,1-8H3;7-8H2,1-6H3;6-7H,5H2,1-4H3;2*1-2H3. The molecule has 0 atom stereocenters. The van der Waals surface area contributed by atoms with Gasteiger partial charge in [0, 0.05) is 6.61 Å². The van der Waals surface area contributed by atoms with Crippen molar-refractivity contribution in [3.05, 3.63) is 70.8 Å². The fourth-order valence-electron chi connectivity index (χ4n) is 5.72. The van der Waals surface area contributed by atoms with Crippen LogP contribution in [0.15, 0.2) is 48.5 Å². The quantitative estimate of drug-likeness (QED) is 0.196. The van der Waals surface area contributed by atoms with Gasteiger partial charge in [0.15, 0.2) is 0 Å². The molecular formula is C58H112O. The summed E-state index contributed by atoms with van der Waals surface area (Å²) in [6.07, 6.45) is 3.65. The van der Waals surface area contributed by atoms with Crippen molar-refractivity contribution in [1.29, 1.82) is 0 Å². The molecule has 0 spiro atoms. The van der Waals surface area contributed by atoms with Crippen LogP contribution in [0.5, 0.6) is 0 Å². The van der Waals surface area contributed by atoms with Gasteiger partial charge in [-0.2, -0.15) is 0 Å². The van der Waals surface area contributed by atoms with E-state index in [4.69, 9.17) is 4.74 Å². The Morgan fingerprint density at radius 2 is 0.678 bits per heavy atom. The molecule has 0 saturated carbocycles. The number of rotatable bonds is 13. The lowest BCUT2D eigenvalue weighted by atomic mass is 9.72. The highest BCUT2D eigenvalue weighted by Gasteiger charge is 2.28. The maximum atomic E-state index is 5.61. The van der Waals surface area contributed by atoms with E-state index in [0.29, 0.717) is 34.5 Å². The van der Waals surface area contributed by atoms with E-state index >= 15 is 0 Å². The first-order valence-corrected chi connectivity index (χ1v) is 24.3. The van der Waals surface area contributed by atoms with Crippen LogP contribution in [0.25, 0.3) is 0 Å². The highest BCUT2D eigenvalue weighted by Crippen LogP contribution is 2.36. The second-order valence-electron chi connectivity index (χ2n) is 23.5. The summed E-state index contributed by atoms with van der Waals surface area (Å²) in [5.74, 6) is 4.42. The first kappa shape index (κ1) is 64.0. The Morgan fingerprint density at radius 1 is 0.407 bits per heavy atom. The van der Waals surface area contributed by atoms with Crippen LogP contribution in [0.3, 0.4) is 0 Å². The summed E-state index contributed by atoms with van der Waals surface area (Å²) in [6.45, 7) is 68.1. The van der Waals surface area contributed by atoms with Gasteiger partial charge in [0.25, 0.3) is 0 Å². The van der Waals surface area contributed by atoms with Gasteiger partial charge < -0.3 is 4.74 Å². The molecule has 0 aliphatic heterocycles. The van der Waals surface area contributed by atoms with Crippen LogP contribution in [0.2, 0.25) is 0 Å². The molecule has 0 N–H and O–H groups in total. The summed E-state index contributed by atoms with van der Waals surface area (Å²) in [4.78, 5) is 0. The fourth-order valence-corrected chi connectivity index (χ4v) is 5.72. The topological polar surface area (TPSA) is 9.23 Å². The molecule has 0 aliphatic carbocycles. The summed E-state index contributed by atoms with van der Waals surface area (Å²) in [7, 11) is 0. The van der Waals surface area contributed by atoms with Gasteiger partial charge in [0.05, 0.1) is 5.60 Å². The third-order valence-corrected chi connectivity index (χ3v) is 13.0. The SMILES string of the molecule is CC.CC.CC(C)(C)CCOC(C)(C)C.CC(C)C(C)(C)Cc1ccc(C(C)(C)C(C)C)cc1.CC(C)C(C)(C)c1ccc(C(C)(C)C(C)C)cc1.CC(C)CC(C)C. The van der Waals surface area contributed by atoms with Crippen molar-refractivity contribution in [2.45, 2.75) is 249 Å². The molecule has 1 heteroatoms. The minimum atomic E-state index is 0.0191. The van der Waals surface area contributed by atoms with Gasteiger partial charge in [-0.1, -0.05) is 235 Å². The third-order valence-electron chi connectivity index (χ3n) is 13.0. The molecule has 2 rings (SSSR count). The predicted octanol–water partition coefficient (Wildman–Crippen LogP) is 19.4. The highest BCUT2D eigenvalue weighted by molar-refractivity contribution is 5.33. The molecule has 1 nitrogen and oxygen atoms in total. The van der Waals surface area contributed by atoms with Crippen molar-refractivity contribution >= 4 is 0 Å². The Labute approximate surface area is 375 Å². The molecule has 0 radical (unpaired) electrons. The molecule has 0 amide bonds. The molecule has 0 aromatic heterocycles. The molecule has 0 bridgehead atoms. The molecule has 2 aromatic rings. The van der Waals surface area contributed by atoms with E-state index in [2.05, 4.69) is 229 Å². The van der Waals surface area contributed by atoms with Gasteiger partial charge >= 0.3 is 0 Å². The van der Waals surface area contributed by atoms with Crippen LogP contribution < -0.4 is 0 Å². The maximum absolute atomic E-state index is 5.61. The Morgan fingerprint density at radius 3 is 0.864 bits per heavy atom. The van der Waals surface area contributed by atoms with E-state index in [9.17, 15) is 0 Å². The van der Waals surface area contributed by atoms with Gasteiger partial charge in [0.2, 0.25) is 0 Å². The second-order valence-corrected chi connectivity index (χ2v) is 23.5. The van der Waals surface area contributed by atoms with Crippen molar-refractivity contribution in [1.82, 2.24) is 0 Å². The zero-order valence-electron chi connectivity index (χ0n) is 46.3. The number of hydrogen-bond acceptors (Lipinski definition) is 1. The van der Waals surface area contributed by atoms with Crippen LogP contribution in [-0.4, -0.2) is 12.2 Å². The van der Waals surface area contributed by atoms with Gasteiger partial charge in [-0.25, -0.2) is 0 Å². The molecule has 0 heterocycles. The molecule has 59 heavy (non-hydrogen) atoms. The summed E-state index contributed by atoms with van der Waals surface area (Å²) in [5.41, 5.74) is 7.34. The Bertz CT molecular complexity index is 1200. The second kappa shape index (κ2) is 28.9. The average Bonchev–Trinajstić information content (AvgIpc) is 3.09. The highest BCUT2D eigenvalue weighted by atomic mass is 16.5. The van der Waals surface area contributed by atoms with E-state index in [1.807, 2.05) is 27.7 Å². The van der Waals surface area contributed by atoms with Crippen LogP contribution in [0, 0.1) is 46.3 Å². The van der Waals surface area contributed by atoms with Gasteiger partial charge in [0.1, 0.15) is 0 Å². The van der Waals surface area contributed by atoms with E-state index in [-0.39, 0.29) is 21.8 Å². The average molecular weight is 826 g/mol. The van der Waals surface area contributed by atoms with Gasteiger partial charge in [-0.05, 0) is 125 Å². The predicted molar refractivity (Wildman–Crippen MR) is 276 cm³/mol. The first-order chi connectivity index (χ1) is 26.5. The lowest BCUT2D eigenvalue weighted by Gasteiger charge is -2.33. The minimum absolute atomic E-state index is 0.0191. The Balaban J connectivity index is -0.000000350. The van der Waals surface area contributed by atoms with Crippen LogP contribution in [0.4, 0.5) is 0 Å². The van der Waals surface area contributed by atoms with E-state index < -0.39 is 0 Å². The lowest BCUT2D eigenvalue weighted by Crippen LogP contribution is -2.26. The summed E-state index contributed by atoms with van der Waals surface area (Å²) < 4.78 is 5.61. The molecule has 2 aromatic carbocycles. The van der Waals surface area contributed by atoms with Crippen molar-refractivity contribution < 1.29 is 4.74 Å². The first-order valence-electron chi connectivity index (χ1n) is 24.3. The van der Waals surface area contributed by atoms with E-state index in [0.717, 1.165) is 31.3 Å². The van der Waals surface area contributed by atoms with Crippen molar-refractivity contribution in [2.75, 3.05) is 6.61 Å². The molecule has 0 fully saturated rings. The Hall–Kier alpha value is -1.60. The molecule has 0 saturated heterocycles. The van der Waals surface area contributed by atoms with Crippen molar-refractivity contribution in [3.8, 4) is 0 Å². The van der Waals surface area contributed by atoms with Crippen LogP contribution >= 0.6 is 0 Å². The van der Waals surface area contributed by atoms with Crippen LogP contribution in [-0.2, 0) is 27.4 Å². The van der Waals surface area contributed by atoms with E-state index in [1.54, 1.807) is 0 Å². The Kier molecular flexibility index (Phi) is 31.4. The van der Waals surface area contributed by atoms with Gasteiger partial charge in [-0.3, -0.25) is 0 Å². The zero-order chi connectivity index (χ0) is 48.0. The summed E-state index contributed by atoms with van der Waals surface area (Å²) in [5, 5.41) is 0. The third kappa shape index (κ3) is 27.9. The molecular weight excluding hydrogens is 713 g/mol. The summed E-state index contributed by atoms with van der Waals surface area (Å²) in [6, 6.07) is 18.6. The zero-order valence-corrected chi connectivity index (χ0v) is 46.3. The van der Waals surface area contributed by atoms with Gasteiger partial charge in [-0.15, -0.1) is 0 Å². The van der Waals surface area contributed by atoms with Crippen molar-refractivity contribution in [3.63, 3.8) is 0 Å². The lowest BCUT2D eigenvalue weighted by molar-refractivity contribution is -0.0139. The number of hydrogen-bond donors (Lipinski definition) is 0. The number of benzene rings is 2. The van der Waals surface area contributed by atoms with E-state index in [1.165, 1.54) is 28.7 Å². The fraction of sp³-hybridized carbons (Fsp3) is 0.793. The smallest absolute Gasteiger partial charge is 0.0598 e. The van der Waals surface area contributed by atoms with Crippen molar-refractivity contribution in [2.24, 2.45) is 46.3 Å². The largest absolute Gasteiger partial charge is 0.376 e. The van der Waals surface area contributed by atoms with Crippen LogP contribution in [0.1, 0.15) is 243 Å². The molecule has 0 aliphatic rings. The maximum Gasteiger partial charge on any atom is 0.0598 e. The summed E-state index contributed by atoms with van der Waals surface area (Å²) >= 11 is 0. The normalized spacial score (nSPS) is 12.5. The molecule has 350 valence electrons. The molecule has 0 unspecified atom stereocenters. The number of ether oxygens (including phenoxy) is 1. The minimum Gasteiger partial charge on any atom is -0.376 e. The monoisotopic (exact) mass is 825 g/mol.